The number of carbonyl (C=O) groups excluding carboxylic acids is 1. The standard InChI is InChI=1S/C28H38N4O2/c1-5-21(2)27-25(17-29)28(33)32(16-15-31(27)4)19-23-13-9-10-14-24(23)20-34-26(18-30-3)22-11-7-6-8-12-22/h6-14,17,21,26,29-30H,5,15-16,18-20H2,1-4H3. The van der Waals surface area contributed by atoms with Crippen LogP contribution in [0.15, 0.2) is 65.9 Å². The second-order valence-corrected chi connectivity index (χ2v) is 8.94. The van der Waals surface area contributed by atoms with Gasteiger partial charge in [0, 0.05) is 45.1 Å². The van der Waals surface area contributed by atoms with Crippen LogP contribution in [0.5, 0.6) is 0 Å². The van der Waals surface area contributed by atoms with Gasteiger partial charge in [0.1, 0.15) is 0 Å². The molecule has 1 aliphatic rings. The SMILES string of the molecule is CCC(C)C1=C(C=N)C(=O)N(Cc2ccccc2COC(CNC)c2ccccc2)CCN1C. The number of hydrogen-bond donors (Lipinski definition) is 2. The maximum atomic E-state index is 13.5. The molecule has 0 bridgehead atoms. The molecular formula is C28H38N4O2. The van der Waals surface area contributed by atoms with Crippen molar-refractivity contribution < 1.29 is 9.53 Å². The fourth-order valence-corrected chi connectivity index (χ4v) is 4.47. The Hall–Kier alpha value is -2.96. The van der Waals surface area contributed by atoms with Crippen molar-refractivity contribution in [2.45, 2.75) is 39.5 Å². The van der Waals surface area contributed by atoms with E-state index < -0.39 is 0 Å². The summed E-state index contributed by atoms with van der Waals surface area (Å²) in [4.78, 5) is 17.5. The molecule has 6 nitrogen and oxygen atoms in total. The van der Waals surface area contributed by atoms with E-state index in [1.54, 1.807) is 0 Å². The highest BCUT2D eigenvalue weighted by atomic mass is 16.5. The van der Waals surface area contributed by atoms with Crippen LogP contribution in [0.25, 0.3) is 0 Å². The molecule has 0 spiro atoms. The Morgan fingerprint density at radius 2 is 1.76 bits per heavy atom. The lowest BCUT2D eigenvalue weighted by Crippen LogP contribution is -2.34. The zero-order chi connectivity index (χ0) is 24.5. The highest BCUT2D eigenvalue weighted by molar-refractivity contribution is 6.12. The predicted molar refractivity (Wildman–Crippen MR) is 138 cm³/mol. The molecule has 0 radical (unpaired) electrons. The summed E-state index contributed by atoms with van der Waals surface area (Å²) in [6, 6.07) is 18.4. The van der Waals surface area contributed by atoms with Gasteiger partial charge >= 0.3 is 0 Å². The molecule has 2 aromatic carbocycles. The van der Waals surface area contributed by atoms with Crippen LogP contribution in [0.1, 0.15) is 43.1 Å². The molecule has 3 rings (SSSR count). The predicted octanol–water partition coefficient (Wildman–Crippen LogP) is 4.39. The number of amides is 1. The van der Waals surface area contributed by atoms with Gasteiger partial charge in [-0.25, -0.2) is 0 Å². The second-order valence-electron chi connectivity index (χ2n) is 8.94. The van der Waals surface area contributed by atoms with E-state index in [4.69, 9.17) is 10.1 Å². The molecule has 0 saturated heterocycles. The molecular weight excluding hydrogens is 424 g/mol. The highest BCUT2D eigenvalue weighted by Gasteiger charge is 2.29. The smallest absolute Gasteiger partial charge is 0.257 e. The van der Waals surface area contributed by atoms with Gasteiger partial charge in [-0.1, -0.05) is 68.4 Å². The van der Waals surface area contributed by atoms with Crippen LogP contribution in [0, 0.1) is 11.3 Å². The molecule has 2 unspecified atom stereocenters. The Bertz CT molecular complexity index is 989. The molecule has 2 atom stereocenters. The minimum atomic E-state index is -0.0669. The fraction of sp³-hybridized carbons (Fsp3) is 0.429. The normalized spacial score (nSPS) is 16.4. The lowest BCUT2D eigenvalue weighted by Gasteiger charge is -2.26. The van der Waals surface area contributed by atoms with Gasteiger partial charge in [-0.05, 0) is 36.1 Å². The second kappa shape index (κ2) is 12.5. The summed E-state index contributed by atoms with van der Waals surface area (Å²) in [5.41, 5.74) is 4.76. The summed E-state index contributed by atoms with van der Waals surface area (Å²) in [6.45, 7) is 7.29. The van der Waals surface area contributed by atoms with Crippen molar-refractivity contribution in [3.8, 4) is 0 Å². The van der Waals surface area contributed by atoms with E-state index in [0.29, 0.717) is 25.3 Å². The number of carbonyl (C=O) groups is 1. The number of allylic oxidation sites excluding steroid dienone is 1. The number of ether oxygens (including phenoxy) is 1. The van der Waals surface area contributed by atoms with Crippen LogP contribution in [-0.4, -0.2) is 55.7 Å². The lowest BCUT2D eigenvalue weighted by molar-refractivity contribution is -0.127. The van der Waals surface area contributed by atoms with E-state index in [2.05, 4.69) is 48.3 Å². The minimum absolute atomic E-state index is 0.0572. The number of nitrogens with zero attached hydrogens (tertiary/aromatic N) is 2. The van der Waals surface area contributed by atoms with Gasteiger partial charge in [0.05, 0.1) is 18.3 Å². The van der Waals surface area contributed by atoms with Crippen LogP contribution < -0.4 is 5.32 Å². The van der Waals surface area contributed by atoms with Crippen LogP contribution in [0.2, 0.25) is 0 Å². The first kappa shape index (κ1) is 25.7. The number of likely N-dealkylation sites (N-methyl/N-ethyl adjacent to an activating group) is 2. The van der Waals surface area contributed by atoms with Crippen molar-refractivity contribution in [2.75, 3.05) is 33.7 Å². The topological polar surface area (TPSA) is 68.7 Å². The minimum Gasteiger partial charge on any atom is -0.375 e. The maximum Gasteiger partial charge on any atom is 0.257 e. The molecule has 182 valence electrons. The van der Waals surface area contributed by atoms with Gasteiger partial charge in [-0.2, -0.15) is 0 Å². The molecule has 1 aliphatic heterocycles. The van der Waals surface area contributed by atoms with E-state index in [-0.39, 0.29) is 17.9 Å². The van der Waals surface area contributed by atoms with E-state index >= 15 is 0 Å². The van der Waals surface area contributed by atoms with Gasteiger partial charge in [-0.3, -0.25) is 4.79 Å². The zero-order valence-electron chi connectivity index (χ0n) is 20.9. The molecule has 2 N–H and O–H groups in total. The van der Waals surface area contributed by atoms with Gasteiger partial charge < -0.3 is 25.3 Å². The average Bonchev–Trinajstić information content (AvgIpc) is 2.98. The number of hydrogen-bond acceptors (Lipinski definition) is 5. The maximum absolute atomic E-state index is 13.5. The first-order valence-corrected chi connectivity index (χ1v) is 12.1. The largest absolute Gasteiger partial charge is 0.375 e. The Balaban J connectivity index is 1.80. The zero-order valence-corrected chi connectivity index (χ0v) is 20.9. The third-order valence-corrected chi connectivity index (χ3v) is 6.61. The highest BCUT2D eigenvalue weighted by Crippen LogP contribution is 2.26. The molecule has 0 saturated carbocycles. The Kier molecular flexibility index (Phi) is 9.42. The molecule has 34 heavy (non-hydrogen) atoms. The molecule has 0 aromatic heterocycles. The molecule has 1 amide bonds. The van der Waals surface area contributed by atoms with Crippen molar-refractivity contribution in [1.82, 2.24) is 15.1 Å². The summed E-state index contributed by atoms with van der Waals surface area (Å²) >= 11 is 0. The summed E-state index contributed by atoms with van der Waals surface area (Å²) in [6.07, 6.45) is 2.11. The van der Waals surface area contributed by atoms with E-state index in [1.165, 1.54) is 6.21 Å². The number of nitrogens with one attached hydrogen (secondary N) is 2. The molecule has 6 heteroatoms. The average molecular weight is 463 g/mol. The van der Waals surface area contributed by atoms with Crippen molar-refractivity contribution in [3.63, 3.8) is 0 Å². The molecule has 1 heterocycles. The van der Waals surface area contributed by atoms with Crippen molar-refractivity contribution >= 4 is 12.1 Å². The number of rotatable bonds is 11. The summed E-state index contributed by atoms with van der Waals surface area (Å²) in [7, 11) is 3.95. The van der Waals surface area contributed by atoms with Crippen molar-refractivity contribution in [3.05, 3.63) is 82.6 Å². The Morgan fingerprint density at radius 3 is 2.41 bits per heavy atom. The van der Waals surface area contributed by atoms with E-state index in [9.17, 15) is 4.79 Å². The van der Waals surface area contributed by atoms with Crippen LogP contribution >= 0.6 is 0 Å². The van der Waals surface area contributed by atoms with Gasteiger partial charge in [0.15, 0.2) is 0 Å². The third-order valence-electron chi connectivity index (χ3n) is 6.61. The van der Waals surface area contributed by atoms with Crippen LogP contribution in [-0.2, 0) is 22.7 Å². The molecule has 2 aromatic rings. The lowest BCUT2D eigenvalue weighted by atomic mass is 9.98. The molecule has 0 fully saturated rings. The molecule has 0 aliphatic carbocycles. The van der Waals surface area contributed by atoms with Crippen LogP contribution in [0.4, 0.5) is 0 Å². The Labute approximate surface area is 204 Å². The van der Waals surface area contributed by atoms with Crippen molar-refractivity contribution in [1.29, 1.82) is 5.41 Å². The monoisotopic (exact) mass is 462 g/mol. The van der Waals surface area contributed by atoms with Crippen molar-refractivity contribution in [2.24, 2.45) is 5.92 Å². The first-order valence-electron chi connectivity index (χ1n) is 12.1. The first-order chi connectivity index (χ1) is 16.5. The van der Waals surface area contributed by atoms with Gasteiger partial charge in [0.25, 0.3) is 5.91 Å². The van der Waals surface area contributed by atoms with Gasteiger partial charge in [0.2, 0.25) is 0 Å². The summed E-state index contributed by atoms with van der Waals surface area (Å²) < 4.78 is 6.34. The summed E-state index contributed by atoms with van der Waals surface area (Å²) in [5, 5.41) is 11.2. The van der Waals surface area contributed by atoms with Crippen LogP contribution in [0.3, 0.4) is 0 Å². The summed E-state index contributed by atoms with van der Waals surface area (Å²) in [5.74, 6) is 0.163. The van der Waals surface area contributed by atoms with E-state index in [1.807, 2.05) is 49.3 Å². The van der Waals surface area contributed by atoms with Gasteiger partial charge in [-0.15, -0.1) is 0 Å². The Morgan fingerprint density at radius 1 is 1.09 bits per heavy atom. The fourth-order valence-electron chi connectivity index (χ4n) is 4.47. The number of benzene rings is 2. The third kappa shape index (κ3) is 6.13. The quantitative estimate of drug-likeness (QED) is 0.486. The van der Waals surface area contributed by atoms with E-state index in [0.717, 1.165) is 41.9 Å².